The molecule has 61 heavy (non-hydrogen) atoms. The Labute approximate surface area is 351 Å². The summed E-state index contributed by atoms with van der Waals surface area (Å²) in [6, 6.07) is 30.2. The van der Waals surface area contributed by atoms with E-state index in [1.165, 1.54) is 19.1 Å². The molecule has 2 aliphatic rings. The molecule has 2 aromatic heterocycles. The van der Waals surface area contributed by atoms with Gasteiger partial charge in [0.05, 0.1) is 32.2 Å². The Morgan fingerprint density at radius 2 is 1.31 bits per heavy atom. The summed E-state index contributed by atoms with van der Waals surface area (Å²) in [4.78, 5) is 77.1. The number of ether oxygens (including phenoxy) is 2. The lowest BCUT2D eigenvalue weighted by molar-refractivity contribution is -0.138. The number of anilines is 1. The Balaban J connectivity index is 0.932. The van der Waals surface area contributed by atoms with E-state index in [9.17, 15) is 24.0 Å². The number of rotatable bonds is 11. The summed E-state index contributed by atoms with van der Waals surface area (Å²) in [7, 11) is 2.50. The lowest BCUT2D eigenvalue weighted by Gasteiger charge is -2.28. The predicted octanol–water partition coefficient (Wildman–Crippen LogP) is 7.28. The molecule has 6 aromatic rings. The van der Waals surface area contributed by atoms with Gasteiger partial charge in [-0.3, -0.25) is 14.4 Å². The first-order valence-corrected chi connectivity index (χ1v) is 20.1. The van der Waals surface area contributed by atoms with Gasteiger partial charge in [0.2, 0.25) is 5.91 Å². The fourth-order valence-electron chi connectivity index (χ4n) is 8.12. The van der Waals surface area contributed by atoms with E-state index in [1.807, 2.05) is 60.7 Å². The lowest BCUT2D eigenvalue weighted by atomic mass is 10.0. The lowest BCUT2D eigenvalue weighted by Crippen LogP contribution is -2.48. The first kappa shape index (κ1) is 40.4. The van der Waals surface area contributed by atoms with Crippen molar-refractivity contribution in [2.45, 2.75) is 49.9 Å². The Bertz CT molecular complexity index is 2540. The standard InChI is InChI=1S/C46H45N7O8/c1-59-45(57)50-39(30-11-5-3-6-12-30)43(55)52-23-9-15-35(52)41-47-27-34(49-41)28-17-19-29(20-18-28)38-26-32-25-33(21-22-37(32)61-38)48-42(54)36-16-10-24-53(36)44(56)40(51-46(58)60-2)31-13-7-4-8-14-31/h3-8,11-14,17-22,25-27,35-36,39-40H,9-10,15-16,23-24H2,1-2H3,(H,47,49)(H,48,54)(H,50,57)(H,51,58)/t35-,36-,39+,40+/m0/s1. The number of nitrogens with zero attached hydrogens (tertiary/aromatic N) is 3. The van der Waals surface area contributed by atoms with Crippen LogP contribution in [0.5, 0.6) is 0 Å². The number of carbonyl (C=O) groups excluding carboxylic acids is 5. The van der Waals surface area contributed by atoms with Crippen molar-refractivity contribution in [1.29, 1.82) is 0 Å². The zero-order valence-electron chi connectivity index (χ0n) is 33.6. The minimum absolute atomic E-state index is 0.238. The van der Waals surface area contributed by atoms with Crippen LogP contribution in [0, 0.1) is 0 Å². The quantitative estimate of drug-likeness (QED) is 0.104. The van der Waals surface area contributed by atoms with Gasteiger partial charge in [0, 0.05) is 29.7 Å². The van der Waals surface area contributed by atoms with E-state index in [4.69, 9.17) is 13.9 Å². The number of likely N-dealkylation sites (tertiary alicyclic amines) is 2. The van der Waals surface area contributed by atoms with Crippen molar-refractivity contribution in [2.24, 2.45) is 0 Å². The number of fused-ring (bicyclic) bond motifs is 1. The number of imidazole rings is 1. The van der Waals surface area contributed by atoms with E-state index in [1.54, 1.807) is 59.6 Å². The van der Waals surface area contributed by atoms with E-state index in [0.29, 0.717) is 59.9 Å². The van der Waals surface area contributed by atoms with Crippen molar-refractivity contribution in [3.05, 3.63) is 132 Å². The van der Waals surface area contributed by atoms with Gasteiger partial charge in [-0.05, 0) is 66.6 Å². The zero-order valence-corrected chi connectivity index (χ0v) is 33.6. The van der Waals surface area contributed by atoms with Crippen LogP contribution in [0.2, 0.25) is 0 Å². The van der Waals surface area contributed by atoms with E-state index < -0.39 is 30.3 Å². The fraction of sp³-hybridized carbons (Fsp3) is 0.261. The highest BCUT2D eigenvalue weighted by Gasteiger charge is 2.39. The Kier molecular flexibility index (Phi) is 11.8. The molecule has 4 heterocycles. The molecule has 2 saturated heterocycles. The topological polar surface area (TPSA) is 188 Å². The predicted molar refractivity (Wildman–Crippen MR) is 226 cm³/mol. The summed E-state index contributed by atoms with van der Waals surface area (Å²) in [5.74, 6) is 0.350. The zero-order chi connectivity index (χ0) is 42.5. The second kappa shape index (κ2) is 17.8. The first-order valence-electron chi connectivity index (χ1n) is 20.1. The molecule has 2 fully saturated rings. The van der Waals surface area contributed by atoms with Crippen LogP contribution in [0.1, 0.15) is 60.8 Å². The van der Waals surface area contributed by atoms with Crippen LogP contribution < -0.4 is 16.0 Å². The van der Waals surface area contributed by atoms with Crippen LogP contribution in [0.4, 0.5) is 15.3 Å². The molecule has 0 radical (unpaired) electrons. The Hall–Kier alpha value is -7.42. The van der Waals surface area contributed by atoms with Crippen LogP contribution in [0.25, 0.3) is 33.6 Å². The van der Waals surface area contributed by atoms with Gasteiger partial charge in [-0.1, -0.05) is 84.9 Å². The van der Waals surface area contributed by atoms with E-state index in [-0.39, 0.29) is 23.8 Å². The highest BCUT2D eigenvalue weighted by Crippen LogP contribution is 2.35. The number of H-pyrrole nitrogens is 1. The average molecular weight is 824 g/mol. The number of alkyl carbamates (subject to hydrolysis) is 2. The van der Waals surface area contributed by atoms with Gasteiger partial charge in [-0.15, -0.1) is 0 Å². The summed E-state index contributed by atoms with van der Waals surface area (Å²) < 4.78 is 15.8. The molecular formula is C46H45N7O8. The number of furan rings is 1. The second-order valence-electron chi connectivity index (χ2n) is 15.0. The highest BCUT2D eigenvalue weighted by molar-refractivity contribution is 6.00. The molecule has 312 valence electrons. The van der Waals surface area contributed by atoms with Crippen LogP contribution in [-0.2, 0) is 23.9 Å². The molecule has 5 amide bonds. The first-order chi connectivity index (χ1) is 29.7. The molecule has 0 spiro atoms. The van der Waals surface area contributed by atoms with Gasteiger partial charge >= 0.3 is 12.2 Å². The van der Waals surface area contributed by atoms with Crippen molar-refractivity contribution >= 4 is 46.6 Å². The van der Waals surface area contributed by atoms with Gasteiger partial charge in [0.15, 0.2) is 0 Å². The van der Waals surface area contributed by atoms with Gasteiger partial charge in [-0.25, -0.2) is 14.6 Å². The Morgan fingerprint density at radius 1 is 0.721 bits per heavy atom. The summed E-state index contributed by atoms with van der Waals surface area (Å²) in [5.41, 5.74) is 4.96. The number of aromatic nitrogens is 2. The molecule has 2 aliphatic heterocycles. The third-order valence-corrected chi connectivity index (χ3v) is 11.2. The van der Waals surface area contributed by atoms with Crippen molar-refractivity contribution in [3.8, 4) is 22.6 Å². The third-order valence-electron chi connectivity index (χ3n) is 11.2. The maximum Gasteiger partial charge on any atom is 0.407 e. The summed E-state index contributed by atoms with van der Waals surface area (Å²) in [5, 5.41) is 9.08. The van der Waals surface area contributed by atoms with E-state index in [0.717, 1.165) is 35.0 Å². The van der Waals surface area contributed by atoms with Gasteiger partial charge in [0.25, 0.3) is 11.8 Å². The molecule has 4 N–H and O–H groups in total. The maximum atomic E-state index is 13.9. The van der Waals surface area contributed by atoms with Crippen molar-refractivity contribution in [2.75, 3.05) is 32.6 Å². The molecule has 0 unspecified atom stereocenters. The van der Waals surface area contributed by atoms with Crippen LogP contribution in [0.3, 0.4) is 0 Å². The molecular weight excluding hydrogens is 779 g/mol. The van der Waals surface area contributed by atoms with Crippen molar-refractivity contribution in [3.63, 3.8) is 0 Å². The molecule has 0 aliphatic carbocycles. The SMILES string of the molecule is COC(=O)N[C@@H](C(=O)N1CCC[C@H]1C(=O)Nc1ccc2oc(-c3ccc(-c4cnc([C@@H]5CCCN5C(=O)[C@H](NC(=O)OC)c5ccccc5)[nH]4)cc3)cc2c1)c1ccccc1. The van der Waals surface area contributed by atoms with Gasteiger partial charge < -0.3 is 44.6 Å². The number of hydrogen-bond donors (Lipinski definition) is 4. The maximum absolute atomic E-state index is 13.9. The average Bonchev–Trinajstić information content (AvgIpc) is 4.14. The summed E-state index contributed by atoms with van der Waals surface area (Å²) in [6.07, 6.45) is 2.96. The number of aromatic amines is 1. The minimum atomic E-state index is -1.01. The number of nitrogens with one attached hydrogen (secondary N) is 4. The molecule has 4 atom stereocenters. The molecule has 15 nitrogen and oxygen atoms in total. The number of hydrogen-bond acceptors (Lipinski definition) is 9. The smallest absolute Gasteiger partial charge is 0.407 e. The number of benzene rings is 4. The molecule has 4 aromatic carbocycles. The molecule has 15 heteroatoms. The largest absolute Gasteiger partial charge is 0.456 e. The van der Waals surface area contributed by atoms with Crippen LogP contribution in [-0.4, -0.2) is 83.0 Å². The number of methoxy groups -OCH3 is 2. The fourth-order valence-corrected chi connectivity index (χ4v) is 8.12. The van der Waals surface area contributed by atoms with Crippen LogP contribution in [0.15, 0.2) is 120 Å². The van der Waals surface area contributed by atoms with Crippen molar-refractivity contribution < 1.29 is 37.9 Å². The summed E-state index contributed by atoms with van der Waals surface area (Å²) in [6.45, 7) is 0.903. The minimum Gasteiger partial charge on any atom is -0.456 e. The molecule has 8 rings (SSSR count). The van der Waals surface area contributed by atoms with E-state index in [2.05, 4.69) is 25.9 Å². The number of carbonyl (C=O) groups is 5. The Morgan fingerprint density at radius 3 is 1.95 bits per heavy atom. The monoisotopic (exact) mass is 823 g/mol. The van der Waals surface area contributed by atoms with Gasteiger partial charge in [-0.2, -0.15) is 0 Å². The third kappa shape index (κ3) is 8.67. The highest BCUT2D eigenvalue weighted by atomic mass is 16.5. The molecule has 0 saturated carbocycles. The van der Waals surface area contributed by atoms with Crippen molar-refractivity contribution in [1.82, 2.24) is 30.4 Å². The normalized spacial score (nSPS) is 17.1. The second-order valence-corrected chi connectivity index (χ2v) is 15.0. The summed E-state index contributed by atoms with van der Waals surface area (Å²) >= 11 is 0. The van der Waals surface area contributed by atoms with E-state index >= 15 is 0 Å². The van der Waals surface area contributed by atoms with Crippen LogP contribution >= 0.6 is 0 Å². The molecule has 0 bridgehead atoms. The number of amides is 5. The van der Waals surface area contributed by atoms with Gasteiger partial charge in [0.1, 0.15) is 35.3 Å².